The van der Waals surface area contributed by atoms with E-state index in [2.05, 4.69) is 55.1 Å². The molecule has 2 saturated carbocycles. The van der Waals surface area contributed by atoms with E-state index in [-0.39, 0.29) is 6.10 Å². The molecule has 2 aliphatic carbocycles. The van der Waals surface area contributed by atoms with Crippen LogP contribution in [-0.4, -0.2) is 69.1 Å². The second-order valence-electron chi connectivity index (χ2n) is 10.7. The number of nitrogens with zero attached hydrogens (tertiary/aromatic N) is 6. The first-order valence-corrected chi connectivity index (χ1v) is 14.0. The van der Waals surface area contributed by atoms with Crippen molar-refractivity contribution >= 4 is 22.3 Å². The van der Waals surface area contributed by atoms with E-state index in [1.807, 2.05) is 24.5 Å². The number of likely N-dealkylation sites (N-methyl/N-ethyl adjacent to an activating group) is 1. The minimum absolute atomic E-state index is 0.234. The van der Waals surface area contributed by atoms with Crippen LogP contribution in [-0.2, 0) is 0 Å². The fourth-order valence-electron chi connectivity index (χ4n) is 5.39. The van der Waals surface area contributed by atoms with Crippen LogP contribution in [0.3, 0.4) is 0 Å². The van der Waals surface area contributed by atoms with Gasteiger partial charge in [-0.1, -0.05) is 17.4 Å². The molecular weight excluding hydrogens is 470 g/mol. The third-order valence-corrected chi connectivity index (χ3v) is 9.14. The van der Waals surface area contributed by atoms with Crippen LogP contribution in [0, 0.1) is 5.41 Å². The van der Waals surface area contributed by atoms with E-state index in [0.717, 1.165) is 60.5 Å². The van der Waals surface area contributed by atoms with Crippen LogP contribution in [0.5, 0.6) is 6.01 Å². The quantitative estimate of drug-likeness (QED) is 0.472. The third kappa shape index (κ3) is 5.38. The number of hydrogen-bond donors (Lipinski definition) is 1. The van der Waals surface area contributed by atoms with Gasteiger partial charge >= 0.3 is 6.01 Å². The van der Waals surface area contributed by atoms with Crippen molar-refractivity contribution in [2.24, 2.45) is 5.41 Å². The Kier molecular flexibility index (Phi) is 6.62. The predicted molar refractivity (Wildman–Crippen MR) is 143 cm³/mol. The molecule has 1 spiro atoms. The number of thiazole rings is 1. The van der Waals surface area contributed by atoms with E-state index in [1.54, 1.807) is 17.5 Å². The lowest BCUT2D eigenvalue weighted by Gasteiger charge is -2.36. The highest BCUT2D eigenvalue weighted by molar-refractivity contribution is 7.18. The number of anilines is 2. The molecule has 3 aromatic heterocycles. The first kappa shape index (κ1) is 23.8. The summed E-state index contributed by atoms with van der Waals surface area (Å²) in [6.07, 6.45) is 13.4. The van der Waals surface area contributed by atoms with E-state index in [0.29, 0.717) is 17.5 Å². The van der Waals surface area contributed by atoms with Crippen molar-refractivity contribution in [3.63, 3.8) is 0 Å². The second kappa shape index (κ2) is 10.0. The van der Waals surface area contributed by atoms with Gasteiger partial charge in [0.15, 0.2) is 5.13 Å². The summed E-state index contributed by atoms with van der Waals surface area (Å²) in [7, 11) is 2.19. The number of ether oxygens (including phenoxy) is 1. The monoisotopic (exact) mass is 505 g/mol. The van der Waals surface area contributed by atoms with Crippen molar-refractivity contribution in [2.45, 2.75) is 57.6 Å². The Bertz CT molecular complexity index is 1160. The number of piperazine rings is 1. The molecule has 0 radical (unpaired) electrons. The van der Waals surface area contributed by atoms with Crippen LogP contribution in [0.15, 0.2) is 36.8 Å². The average Bonchev–Trinajstić information content (AvgIpc) is 3.50. The maximum Gasteiger partial charge on any atom is 0.317 e. The summed E-state index contributed by atoms with van der Waals surface area (Å²) in [4.78, 5) is 24.1. The van der Waals surface area contributed by atoms with Gasteiger partial charge in [-0.15, -0.1) is 0 Å². The summed E-state index contributed by atoms with van der Waals surface area (Å²) < 4.78 is 6.15. The summed E-state index contributed by atoms with van der Waals surface area (Å²) in [6, 6.07) is 6.95. The fourth-order valence-corrected chi connectivity index (χ4v) is 6.18. The highest BCUT2D eigenvalue weighted by Crippen LogP contribution is 2.56. The standard InChI is InChI=1S/C27H35N7OS/c1-19(34-15-13-33(2)14-16-34)20-3-4-24(29-17-20)32-26-30-18-23(36-26)22-7-12-28-25(31-22)35-21-5-8-27(9-6-21)10-11-27/h3-4,7,12,17-19,21H,5-6,8-11,13-16H2,1-2H3,(H,29,30,32). The van der Waals surface area contributed by atoms with Gasteiger partial charge in [0.25, 0.3) is 0 Å². The normalized spacial score (nSPS) is 21.4. The van der Waals surface area contributed by atoms with Gasteiger partial charge in [0.2, 0.25) is 0 Å². The van der Waals surface area contributed by atoms with E-state index in [1.165, 1.54) is 31.2 Å². The van der Waals surface area contributed by atoms with Gasteiger partial charge in [0.05, 0.1) is 10.6 Å². The smallest absolute Gasteiger partial charge is 0.317 e. The zero-order chi connectivity index (χ0) is 24.5. The van der Waals surface area contributed by atoms with Crippen LogP contribution >= 0.6 is 11.3 Å². The molecule has 36 heavy (non-hydrogen) atoms. The van der Waals surface area contributed by atoms with E-state index in [4.69, 9.17) is 4.74 Å². The molecule has 0 aromatic carbocycles. The molecule has 4 heterocycles. The maximum absolute atomic E-state index is 6.15. The van der Waals surface area contributed by atoms with Crippen molar-refractivity contribution in [2.75, 3.05) is 38.5 Å². The fraction of sp³-hybridized carbons (Fsp3) is 0.556. The molecule has 6 rings (SSSR count). The second-order valence-corrected chi connectivity index (χ2v) is 11.7. The van der Waals surface area contributed by atoms with Crippen molar-refractivity contribution in [3.05, 3.63) is 42.4 Å². The summed E-state index contributed by atoms with van der Waals surface area (Å²) in [5.41, 5.74) is 2.74. The molecule has 1 N–H and O–H groups in total. The van der Waals surface area contributed by atoms with Gasteiger partial charge in [-0.05, 0) is 75.6 Å². The van der Waals surface area contributed by atoms with E-state index >= 15 is 0 Å². The Morgan fingerprint density at radius 1 is 1.00 bits per heavy atom. The maximum atomic E-state index is 6.15. The van der Waals surface area contributed by atoms with Crippen molar-refractivity contribution < 1.29 is 4.74 Å². The van der Waals surface area contributed by atoms with Crippen LogP contribution in [0.1, 0.15) is 57.1 Å². The van der Waals surface area contributed by atoms with E-state index in [9.17, 15) is 0 Å². The number of nitrogens with one attached hydrogen (secondary N) is 1. The number of hydrogen-bond acceptors (Lipinski definition) is 9. The largest absolute Gasteiger partial charge is 0.460 e. The minimum atomic E-state index is 0.234. The van der Waals surface area contributed by atoms with Crippen LogP contribution in [0.4, 0.5) is 10.9 Å². The van der Waals surface area contributed by atoms with Gasteiger partial charge in [-0.2, -0.15) is 4.98 Å². The minimum Gasteiger partial charge on any atom is -0.460 e. The highest BCUT2D eigenvalue weighted by atomic mass is 32.1. The van der Waals surface area contributed by atoms with Gasteiger partial charge < -0.3 is 15.0 Å². The van der Waals surface area contributed by atoms with Gasteiger partial charge in [0, 0.05) is 50.8 Å². The Hall–Kier alpha value is -2.62. The summed E-state index contributed by atoms with van der Waals surface area (Å²) in [5, 5.41) is 4.13. The van der Waals surface area contributed by atoms with Crippen LogP contribution in [0.2, 0.25) is 0 Å². The molecule has 0 bridgehead atoms. The SMILES string of the molecule is CC(c1ccc(Nc2ncc(-c3ccnc(OC4CCC5(CC4)CC5)n3)s2)nc1)N1CCN(C)CC1. The molecule has 3 aromatic rings. The molecule has 1 unspecified atom stereocenters. The third-order valence-electron chi connectivity index (χ3n) is 8.20. The molecule has 190 valence electrons. The Morgan fingerprint density at radius 2 is 1.81 bits per heavy atom. The molecule has 9 heteroatoms. The van der Waals surface area contributed by atoms with Gasteiger partial charge in [-0.3, -0.25) is 4.90 Å². The first-order chi connectivity index (χ1) is 17.6. The first-order valence-electron chi connectivity index (χ1n) is 13.2. The highest BCUT2D eigenvalue weighted by Gasteiger charge is 2.45. The zero-order valence-corrected chi connectivity index (χ0v) is 22.0. The molecule has 1 aliphatic heterocycles. The Labute approximate surface area is 217 Å². The topological polar surface area (TPSA) is 79.3 Å². The predicted octanol–water partition coefficient (Wildman–Crippen LogP) is 5.15. The molecule has 3 fully saturated rings. The van der Waals surface area contributed by atoms with Crippen molar-refractivity contribution in [3.8, 4) is 16.6 Å². The Balaban J connectivity index is 1.06. The van der Waals surface area contributed by atoms with Gasteiger partial charge in [-0.25, -0.2) is 15.0 Å². The molecule has 1 atom stereocenters. The van der Waals surface area contributed by atoms with Crippen LogP contribution < -0.4 is 10.1 Å². The lowest BCUT2D eigenvalue weighted by atomic mass is 9.85. The number of aromatic nitrogens is 4. The lowest BCUT2D eigenvalue weighted by molar-refractivity contribution is 0.114. The summed E-state index contributed by atoms with van der Waals surface area (Å²) in [6.45, 7) is 6.68. The molecule has 3 aliphatic rings. The van der Waals surface area contributed by atoms with Crippen LogP contribution in [0.25, 0.3) is 10.6 Å². The molecule has 0 amide bonds. The molecule has 1 saturated heterocycles. The van der Waals surface area contributed by atoms with Gasteiger partial charge in [0.1, 0.15) is 11.9 Å². The molecular formula is C27H35N7OS. The Morgan fingerprint density at radius 3 is 2.53 bits per heavy atom. The average molecular weight is 506 g/mol. The number of pyridine rings is 1. The number of rotatable bonds is 7. The van der Waals surface area contributed by atoms with Crippen molar-refractivity contribution in [1.82, 2.24) is 29.7 Å². The van der Waals surface area contributed by atoms with Crippen molar-refractivity contribution in [1.29, 1.82) is 0 Å². The van der Waals surface area contributed by atoms with E-state index < -0.39 is 0 Å². The summed E-state index contributed by atoms with van der Waals surface area (Å²) >= 11 is 1.56. The lowest BCUT2D eigenvalue weighted by Crippen LogP contribution is -2.45. The zero-order valence-electron chi connectivity index (χ0n) is 21.2. The summed E-state index contributed by atoms with van der Waals surface area (Å²) in [5.74, 6) is 0.794. The molecule has 8 nitrogen and oxygen atoms in total.